The molecule has 5 rings (SSSR count). The molecule has 0 fully saturated rings. The number of hydrogen-bond donors (Lipinski definition) is 1. The second kappa shape index (κ2) is 11.3. The number of nitrogens with zero attached hydrogens (tertiary/aromatic N) is 5. The summed E-state index contributed by atoms with van der Waals surface area (Å²) >= 11 is 0. The van der Waals surface area contributed by atoms with E-state index in [9.17, 15) is 30.7 Å². The van der Waals surface area contributed by atoms with E-state index in [1.165, 1.54) is 48.7 Å². The first kappa shape index (κ1) is 28.9. The summed E-state index contributed by atoms with van der Waals surface area (Å²) in [5.41, 5.74) is -0.923. The van der Waals surface area contributed by atoms with Crippen LogP contribution in [0.2, 0.25) is 0 Å². The Hall–Kier alpha value is -4.65. The van der Waals surface area contributed by atoms with Crippen LogP contribution in [0, 0.1) is 5.82 Å². The van der Waals surface area contributed by atoms with Gasteiger partial charge in [-0.1, -0.05) is 18.2 Å². The Kier molecular flexibility index (Phi) is 7.78. The Morgan fingerprint density at radius 1 is 0.810 bits per heavy atom. The van der Waals surface area contributed by atoms with Crippen molar-refractivity contribution in [2.75, 3.05) is 12.4 Å². The molecule has 6 nitrogen and oxygen atoms in total. The van der Waals surface area contributed by atoms with Gasteiger partial charge in [0.05, 0.1) is 35.2 Å². The molecule has 216 valence electrons. The lowest BCUT2D eigenvalue weighted by molar-refractivity contribution is -0.141. The van der Waals surface area contributed by atoms with Crippen molar-refractivity contribution in [2.24, 2.45) is 0 Å². The number of alkyl halides is 6. The number of aromatic nitrogens is 4. The molecular weight excluding hydrogens is 565 g/mol. The summed E-state index contributed by atoms with van der Waals surface area (Å²) in [5.74, 6) is 0.0806. The van der Waals surface area contributed by atoms with Gasteiger partial charge in [-0.25, -0.2) is 19.3 Å². The molecule has 13 heteroatoms. The van der Waals surface area contributed by atoms with Gasteiger partial charge in [-0.3, -0.25) is 9.88 Å². The van der Waals surface area contributed by atoms with Gasteiger partial charge in [-0.15, -0.1) is 0 Å². The second-order valence-corrected chi connectivity index (χ2v) is 9.47. The minimum absolute atomic E-state index is 0.161. The van der Waals surface area contributed by atoms with Gasteiger partial charge in [0.15, 0.2) is 0 Å². The highest BCUT2D eigenvalue weighted by Crippen LogP contribution is 2.37. The van der Waals surface area contributed by atoms with Gasteiger partial charge in [0.25, 0.3) is 0 Å². The Morgan fingerprint density at radius 2 is 1.62 bits per heavy atom. The van der Waals surface area contributed by atoms with Crippen molar-refractivity contribution in [1.29, 1.82) is 0 Å². The molecule has 42 heavy (non-hydrogen) atoms. The molecule has 2 aromatic carbocycles. The lowest BCUT2D eigenvalue weighted by atomic mass is 10.0. The molecule has 0 aliphatic rings. The van der Waals surface area contributed by atoms with Gasteiger partial charge in [-0.05, 0) is 61.1 Å². The molecule has 0 atom stereocenters. The molecule has 0 aliphatic heterocycles. The fourth-order valence-corrected chi connectivity index (χ4v) is 4.37. The number of benzene rings is 2. The van der Waals surface area contributed by atoms with E-state index < -0.39 is 23.6 Å². The van der Waals surface area contributed by atoms with Crippen LogP contribution < -0.4 is 5.32 Å². The first-order valence-electron chi connectivity index (χ1n) is 12.4. The monoisotopic (exact) mass is 586 g/mol. The van der Waals surface area contributed by atoms with Crippen LogP contribution >= 0.6 is 0 Å². The number of halogens is 7. The summed E-state index contributed by atoms with van der Waals surface area (Å²) in [6.45, 7) is 0.502. The third-order valence-electron chi connectivity index (χ3n) is 6.20. The molecule has 0 saturated heterocycles. The van der Waals surface area contributed by atoms with Crippen molar-refractivity contribution in [3.8, 4) is 11.3 Å². The topological polar surface area (TPSA) is 66.8 Å². The van der Waals surface area contributed by atoms with E-state index in [-0.39, 0.29) is 46.5 Å². The quantitative estimate of drug-likeness (QED) is 0.198. The lowest BCUT2D eigenvalue weighted by Crippen LogP contribution is -2.19. The van der Waals surface area contributed by atoms with Crippen LogP contribution in [0.3, 0.4) is 0 Å². The predicted molar refractivity (Wildman–Crippen MR) is 142 cm³/mol. The van der Waals surface area contributed by atoms with Crippen LogP contribution in [-0.4, -0.2) is 31.9 Å². The predicted octanol–water partition coefficient (Wildman–Crippen LogP) is 7.64. The highest BCUT2D eigenvalue weighted by Gasteiger charge is 2.34. The van der Waals surface area contributed by atoms with E-state index in [1.807, 2.05) is 4.90 Å². The SMILES string of the molecule is CN(Cc1cccc(F)c1)Cc1nc(Nc2ccc(C(F)(F)F)nc2)c2ccc(-c3ncccc3C(F)(F)F)cc2n1. The Labute approximate surface area is 234 Å². The first-order valence-corrected chi connectivity index (χ1v) is 12.4. The molecule has 5 aromatic rings. The van der Waals surface area contributed by atoms with Gasteiger partial charge in [-0.2, -0.15) is 26.3 Å². The van der Waals surface area contributed by atoms with Crippen molar-refractivity contribution in [3.05, 3.63) is 108 Å². The number of fused-ring (bicyclic) bond motifs is 1. The number of pyridine rings is 2. The molecule has 1 N–H and O–H groups in total. The standard InChI is InChI=1S/C29H21F7N6/c1-42(15-17-4-2-5-19(30)12-17)16-25-40-23-13-18(26-22(28(31,32)33)6-3-11-37-26)7-9-21(23)27(41-25)39-20-8-10-24(38-14-20)29(34,35)36/h2-14H,15-16H2,1H3,(H,39,40,41). The van der Waals surface area contributed by atoms with Gasteiger partial charge in [0.1, 0.15) is 23.2 Å². The number of hydrogen-bond acceptors (Lipinski definition) is 6. The fourth-order valence-electron chi connectivity index (χ4n) is 4.37. The molecule has 0 unspecified atom stereocenters. The van der Waals surface area contributed by atoms with Crippen molar-refractivity contribution in [2.45, 2.75) is 25.4 Å². The number of rotatable bonds is 7. The minimum atomic E-state index is -4.64. The maximum Gasteiger partial charge on any atom is 0.433 e. The molecule has 3 heterocycles. The highest BCUT2D eigenvalue weighted by molar-refractivity contribution is 5.93. The van der Waals surface area contributed by atoms with E-state index in [4.69, 9.17) is 0 Å². The zero-order valence-corrected chi connectivity index (χ0v) is 21.8. The van der Waals surface area contributed by atoms with Crippen molar-refractivity contribution >= 4 is 22.4 Å². The average Bonchev–Trinajstić information content (AvgIpc) is 2.92. The summed E-state index contributed by atoms with van der Waals surface area (Å²) in [6.07, 6.45) is -7.00. The largest absolute Gasteiger partial charge is 0.433 e. The Morgan fingerprint density at radius 3 is 2.31 bits per heavy atom. The molecule has 0 amide bonds. The molecule has 0 bridgehead atoms. The summed E-state index contributed by atoms with van der Waals surface area (Å²) in [5, 5.41) is 3.35. The molecule has 0 spiro atoms. The first-order chi connectivity index (χ1) is 19.9. The molecule has 0 aliphatic carbocycles. The van der Waals surface area contributed by atoms with E-state index in [0.717, 1.165) is 18.3 Å². The lowest BCUT2D eigenvalue weighted by Gasteiger charge is -2.18. The number of anilines is 2. The van der Waals surface area contributed by atoms with Crippen LogP contribution in [0.4, 0.5) is 42.2 Å². The third-order valence-corrected chi connectivity index (χ3v) is 6.20. The molecule has 0 radical (unpaired) electrons. The summed E-state index contributed by atoms with van der Waals surface area (Å²) in [7, 11) is 1.76. The van der Waals surface area contributed by atoms with Crippen LogP contribution in [0.15, 0.2) is 79.1 Å². The average molecular weight is 587 g/mol. The van der Waals surface area contributed by atoms with E-state index in [2.05, 4.69) is 25.3 Å². The second-order valence-electron chi connectivity index (χ2n) is 9.47. The van der Waals surface area contributed by atoms with Crippen LogP contribution in [0.5, 0.6) is 0 Å². The maximum atomic E-state index is 13.7. The summed E-state index contributed by atoms with van der Waals surface area (Å²) in [6, 6.07) is 14.6. The van der Waals surface area contributed by atoms with Crippen LogP contribution in [0.25, 0.3) is 22.2 Å². The fraction of sp³-hybridized carbons (Fsp3) is 0.172. The smallest absolute Gasteiger partial charge is 0.338 e. The van der Waals surface area contributed by atoms with Crippen LogP contribution in [0.1, 0.15) is 22.6 Å². The highest BCUT2D eigenvalue weighted by atomic mass is 19.4. The van der Waals surface area contributed by atoms with E-state index in [1.54, 1.807) is 19.2 Å². The maximum absolute atomic E-state index is 13.7. The molecule has 0 saturated carbocycles. The third kappa shape index (κ3) is 6.62. The number of nitrogens with one attached hydrogen (secondary N) is 1. The minimum Gasteiger partial charge on any atom is -0.338 e. The van der Waals surface area contributed by atoms with Gasteiger partial charge < -0.3 is 5.32 Å². The van der Waals surface area contributed by atoms with Gasteiger partial charge >= 0.3 is 12.4 Å². The molecular formula is C29H21F7N6. The summed E-state index contributed by atoms with van der Waals surface area (Å²) in [4.78, 5) is 18.3. The van der Waals surface area contributed by atoms with E-state index in [0.29, 0.717) is 17.5 Å². The molecule has 3 aromatic heterocycles. The Bertz CT molecular complexity index is 1720. The van der Waals surface area contributed by atoms with Crippen molar-refractivity contribution in [1.82, 2.24) is 24.8 Å². The normalized spacial score (nSPS) is 12.2. The van der Waals surface area contributed by atoms with Gasteiger partial charge in [0.2, 0.25) is 0 Å². The van der Waals surface area contributed by atoms with Crippen molar-refractivity contribution in [3.63, 3.8) is 0 Å². The van der Waals surface area contributed by atoms with Gasteiger partial charge in [0, 0.05) is 23.7 Å². The van der Waals surface area contributed by atoms with Crippen LogP contribution in [-0.2, 0) is 25.4 Å². The zero-order valence-electron chi connectivity index (χ0n) is 21.8. The van der Waals surface area contributed by atoms with E-state index >= 15 is 0 Å². The summed E-state index contributed by atoms with van der Waals surface area (Å²) < 4.78 is 93.7. The van der Waals surface area contributed by atoms with Crippen molar-refractivity contribution < 1.29 is 30.7 Å². The Balaban J connectivity index is 1.55. The zero-order chi connectivity index (χ0) is 30.1.